The summed E-state index contributed by atoms with van der Waals surface area (Å²) >= 11 is 5.86. The molecule has 0 spiro atoms. The first-order valence-electron chi connectivity index (χ1n) is 4.87. The van der Waals surface area contributed by atoms with Gasteiger partial charge in [0.05, 0.1) is 12.6 Å². The molecule has 4 nitrogen and oxygen atoms in total. The van der Waals surface area contributed by atoms with Crippen LogP contribution in [-0.4, -0.2) is 29.3 Å². The number of aliphatic hydroxyl groups is 1. The zero-order valence-electron chi connectivity index (χ0n) is 8.90. The lowest BCUT2D eigenvalue weighted by molar-refractivity contribution is -0.136. The van der Waals surface area contributed by atoms with Crippen LogP contribution in [0.5, 0.6) is 0 Å². The molecule has 0 aromatic heterocycles. The lowest BCUT2D eigenvalue weighted by Crippen LogP contribution is -2.27. The molecule has 0 fully saturated rings. The quantitative estimate of drug-likeness (QED) is 0.730. The van der Waals surface area contributed by atoms with Crippen molar-refractivity contribution in [3.8, 4) is 0 Å². The van der Waals surface area contributed by atoms with Gasteiger partial charge in [0.15, 0.2) is 0 Å². The molecule has 5 heteroatoms. The molecule has 88 valence electrons. The van der Waals surface area contributed by atoms with Crippen molar-refractivity contribution >= 4 is 17.6 Å². The van der Waals surface area contributed by atoms with E-state index in [2.05, 4.69) is 5.32 Å². The summed E-state index contributed by atoms with van der Waals surface area (Å²) in [6.07, 6.45) is -0.727. The van der Waals surface area contributed by atoms with Gasteiger partial charge in [-0.3, -0.25) is 4.79 Å². The van der Waals surface area contributed by atoms with Gasteiger partial charge in [0.1, 0.15) is 0 Å². The molecular weight excluding hydrogens is 230 g/mol. The molecule has 1 aromatic rings. The summed E-state index contributed by atoms with van der Waals surface area (Å²) in [6.45, 7) is 1.89. The van der Waals surface area contributed by atoms with Crippen LogP contribution in [-0.2, 0) is 4.79 Å². The van der Waals surface area contributed by atoms with Gasteiger partial charge in [-0.15, -0.1) is 0 Å². The standard InChI is InChI=1S/C11H14ClNO3/c1-7-4-8(2-3-9(7)12)10(14)5-13-6-11(15)16/h2-4,10,13-14H,5-6H2,1H3,(H,15,16). The number of carboxylic acids is 1. The van der Waals surface area contributed by atoms with Crippen LogP contribution in [0.3, 0.4) is 0 Å². The van der Waals surface area contributed by atoms with Crippen LogP contribution in [0, 0.1) is 6.92 Å². The van der Waals surface area contributed by atoms with Crippen LogP contribution >= 0.6 is 11.6 Å². The average molecular weight is 244 g/mol. The molecule has 0 aliphatic rings. The van der Waals surface area contributed by atoms with Gasteiger partial charge in [-0.2, -0.15) is 0 Å². The second-order valence-electron chi connectivity index (χ2n) is 3.55. The number of rotatable bonds is 5. The number of carboxylic acid groups (broad SMARTS) is 1. The van der Waals surface area contributed by atoms with Crippen molar-refractivity contribution < 1.29 is 15.0 Å². The summed E-state index contributed by atoms with van der Waals surface area (Å²) in [7, 11) is 0. The van der Waals surface area contributed by atoms with E-state index in [1.54, 1.807) is 18.2 Å². The predicted octanol–water partition coefficient (Wildman–Crippen LogP) is 1.36. The van der Waals surface area contributed by atoms with Gasteiger partial charge in [0.25, 0.3) is 0 Å². The van der Waals surface area contributed by atoms with Crippen molar-refractivity contribution in [3.63, 3.8) is 0 Å². The molecule has 0 amide bonds. The Morgan fingerprint density at radius 3 is 2.81 bits per heavy atom. The molecule has 0 heterocycles. The molecule has 1 atom stereocenters. The van der Waals surface area contributed by atoms with E-state index in [0.717, 1.165) is 11.1 Å². The minimum absolute atomic E-state index is 0.163. The number of nitrogens with one attached hydrogen (secondary N) is 1. The van der Waals surface area contributed by atoms with E-state index >= 15 is 0 Å². The molecule has 16 heavy (non-hydrogen) atoms. The van der Waals surface area contributed by atoms with Crippen LogP contribution in [0.1, 0.15) is 17.2 Å². The largest absolute Gasteiger partial charge is 0.480 e. The fraction of sp³-hybridized carbons (Fsp3) is 0.364. The Hall–Kier alpha value is -1.10. The van der Waals surface area contributed by atoms with Gasteiger partial charge in [0, 0.05) is 11.6 Å². The van der Waals surface area contributed by atoms with E-state index in [-0.39, 0.29) is 13.1 Å². The highest BCUT2D eigenvalue weighted by Gasteiger charge is 2.08. The molecule has 0 saturated carbocycles. The molecule has 0 radical (unpaired) electrons. The summed E-state index contributed by atoms with van der Waals surface area (Å²) in [6, 6.07) is 5.23. The van der Waals surface area contributed by atoms with E-state index < -0.39 is 12.1 Å². The van der Waals surface area contributed by atoms with Crippen molar-refractivity contribution in [2.75, 3.05) is 13.1 Å². The number of hydrogen-bond donors (Lipinski definition) is 3. The van der Waals surface area contributed by atoms with Gasteiger partial charge < -0.3 is 15.5 Å². The Morgan fingerprint density at radius 2 is 2.25 bits per heavy atom. The van der Waals surface area contributed by atoms with Gasteiger partial charge in [-0.25, -0.2) is 0 Å². The van der Waals surface area contributed by atoms with Crippen molar-refractivity contribution in [1.82, 2.24) is 5.32 Å². The lowest BCUT2D eigenvalue weighted by atomic mass is 10.1. The maximum atomic E-state index is 10.3. The second-order valence-corrected chi connectivity index (χ2v) is 3.96. The van der Waals surface area contributed by atoms with E-state index in [1.165, 1.54) is 0 Å². The number of aryl methyl sites for hydroxylation is 1. The first kappa shape index (κ1) is 13.0. The maximum absolute atomic E-state index is 10.3. The molecule has 0 bridgehead atoms. The average Bonchev–Trinajstić information content (AvgIpc) is 2.21. The molecule has 1 rings (SSSR count). The molecule has 1 aromatic carbocycles. The monoisotopic (exact) mass is 243 g/mol. The van der Waals surface area contributed by atoms with Crippen LogP contribution < -0.4 is 5.32 Å². The van der Waals surface area contributed by atoms with Gasteiger partial charge in [0.2, 0.25) is 0 Å². The smallest absolute Gasteiger partial charge is 0.317 e. The fourth-order valence-corrected chi connectivity index (χ4v) is 1.43. The summed E-state index contributed by atoms with van der Waals surface area (Å²) in [4.78, 5) is 10.3. The third kappa shape index (κ3) is 3.81. The zero-order valence-corrected chi connectivity index (χ0v) is 9.66. The van der Waals surface area contributed by atoms with Crippen molar-refractivity contribution in [2.24, 2.45) is 0 Å². The van der Waals surface area contributed by atoms with Crippen molar-refractivity contribution in [1.29, 1.82) is 0 Å². The van der Waals surface area contributed by atoms with E-state index in [0.29, 0.717) is 5.02 Å². The molecule has 1 unspecified atom stereocenters. The number of benzene rings is 1. The molecule has 0 aliphatic heterocycles. The first-order valence-corrected chi connectivity index (χ1v) is 5.25. The highest BCUT2D eigenvalue weighted by molar-refractivity contribution is 6.31. The number of halogens is 1. The highest BCUT2D eigenvalue weighted by Crippen LogP contribution is 2.20. The Balaban J connectivity index is 2.55. The summed E-state index contributed by atoms with van der Waals surface area (Å²) in [5.41, 5.74) is 1.61. The zero-order chi connectivity index (χ0) is 12.1. The Kier molecular flexibility index (Phi) is 4.73. The number of carbonyl (C=O) groups is 1. The molecule has 0 saturated heterocycles. The van der Waals surface area contributed by atoms with Crippen LogP contribution in [0.4, 0.5) is 0 Å². The van der Waals surface area contributed by atoms with Crippen molar-refractivity contribution in [3.05, 3.63) is 34.3 Å². The fourth-order valence-electron chi connectivity index (χ4n) is 1.31. The minimum Gasteiger partial charge on any atom is -0.480 e. The van der Waals surface area contributed by atoms with Gasteiger partial charge in [-0.1, -0.05) is 23.7 Å². The van der Waals surface area contributed by atoms with Crippen LogP contribution in [0.25, 0.3) is 0 Å². The van der Waals surface area contributed by atoms with Gasteiger partial charge >= 0.3 is 5.97 Å². The number of hydrogen-bond acceptors (Lipinski definition) is 3. The normalized spacial score (nSPS) is 12.4. The van der Waals surface area contributed by atoms with E-state index in [9.17, 15) is 9.90 Å². The van der Waals surface area contributed by atoms with Crippen LogP contribution in [0.2, 0.25) is 5.02 Å². The SMILES string of the molecule is Cc1cc(C(O)CNCC(=O)O)ccc1Cl. The number of aliphatic hydroxyl groups excluding tert-OH is 1. The first-order chi connectivity index (χ1) is 7.50. The minimum atomic E-state index is -0.945. The number of aliphatic carboxylic acids is 1. The van der Waals surface area contributed by atoms with Crippen LogP contribution in [0.15, 0.2) is 18.2 Å². The molecule has 3 N–H and O–H groups in total. The lowest BCUT2D eigenvalue weighted by Gasteiger charge is -2.12. The Bertz CT molecular complexity index is 381. The van der Waals surface area contributed by atoms with Gasteiger partial charge in [-0.05, 0) is 24.1 Å². The molecular formula is C11H14ClNO3. The molecule has 0 aliphatic carbocycles. The maximum Gasteiger partial charge on any atom is 0.317 e. The highest BCUT2D eigenvalue weighted by atomic mass is 35.5. The predicted molar refractivity (Wildman–Crippen MR) is 61.7 cm³/mol. The van der Waals surface area contributed by atoms with E-state index in [4.69, 9.17) is 16.7 Å². The second kappa shape index (κ2) is 5.84. The Morgan fingerprint density at radius 1 is 1.56 bits per heavy atom. The summed E-state index contributed by atoms with van der Waals surface area (Å²) in [5.74, 6) is -0.945. The van der Waals surface area contributed by atoms with E-state index in [1.807, 2.05) is 6.92 Å². The summed E-state index contributed by atoms with van der Waals surface area (Å²) in [5, 5.41) is 21.4. The Labute approximate surface area is 98.9 Å². The summed E-state index contributed by atoms with van der Waals surface area (Å²) < 4.78 is 0. The van der Waals surface area contributed by atoms with Crippen molar-refractivity contribution in [2.45, 2.75) is 13.0 Å². The third-order valence-corrected chi connectivity index (χ3v) is 2.60. The third-order valence-electron chi connectivity index (χ3n) is 2.18. The topological polar surface area (TPSA) is 69.6 Å².